The molecule has 8 heteroatoms. The third-order valence-electron chi connectivity index (χ3n) is 5.63. The Balaban J connectivity index is 1.40. The van der Waals surface area contributed by atoms with Gasteiger partial charge in [-0.05, 0) is 60.9 Å². The van der Waals surface area contributed by atoms with Crippen molar-refractivity contribution in [2.75, 3.05) is 23.7 Å². The molecule has 0 saturated heterocycles. The number of rotatable bonds is 7. The predicted molar refractivity (Wildman–Crippen MR) is 132 cm³/mol. The second-order valence-corrected chi connectivity index (χ2v) is 10.4. The number of hydrogen-bond acceptors (Lipinski definition) is 5. The molecule has 7 nitrogen and oxygen atoms in total. The number of amides is 1. The summed E-state index contributed by atoms with van der Waals surface area (Å²) in [4.78, 5) is 12.6. The van der Waals surface area contributed by atoms with Crippen molar-refractivity contribution >= 4 is 21.6 Å². The molecule has 1 aliphatic heterocycles. The number of carbonyl (C=O) groups is 1. The fourth-order valence-corrected chi connectivity index (χ4v) is 4.71. The van der Waals surface area contributed by atoms with E-state index >= 15 is 0 Å². The van der Waals surface area contributed by atoms with E-state index in [1.54, 1.807) is 24.3 Å². The number of nitrogens with zero attached hydrogens (tertiary/aromatic N) is 1. The van der Waals surface area contributed by atoms with Crippen LogP contribution in [0.3, 0.4) is 0 Å². The van der Waals surface area contributed by atoms with E-state index in [1.165, 1.54) is 10.6 Å². The van der Waals surface area contributed by atoms with Gasteiger partial charge >= 0.3 is 0 Å². The van der Waals surface area contributed by atoms with Crippen LogP contribution in [-0.2, 0) is 16.6 Å². The Hall–Kier alpha value is -3.52. The molecule has 0 fully saturated rings. The number of benzene rings is 3. The van der Waals surface area contributed by atoms with E-state index in [0.717, 1.165) is 16.7 Å². The molecule has 3 aromatic rings. The molecule has 0 spiro atoms. The quantitative estimate of drug-likeness (QED) is 0.555. The van der Waals surface area contributed by atoms with Crippen LogP contribution in [0.5, 0.6) is 11.5 Å². The van der Waals surface area contributed by atoms with Crippen molar-refractivity contribution in [2.24, 2.45) is 0 Å². The number of para-hydroxylation sites is 2. The first-order chi connectivity index (χ1) is 16.2. The van der Waals surface area contributed by atoms with Crippen LogP contribution in [-0.4, -0.2) is 39.8 Å². The van der Waals surface area contributed by atoms with Gasteiger partial charge in [-0.1, -0.05) is 36.4 Å². The predicted octanol–water partition coefficient (Wildman–Crippen LogP) is 3.84. The minimum absolute atomic E-state index is 0.178. The number of aryl methyl sites for hydroxylation is 2. The molecule has 0 bridgehead atoms. The van der Waals surface area contributed by atoms with Gasteiger partial charge in [0.2, 0.25) is 10.0 Å². The summed E-state index contributed by atoms with van der Waals surface area (Å²) < 4.78 is 38.0. The van der Waals surface area contributed by atoms with E-state index in [2.05, 4.69) is 5.32 Å². The van der Waals surface area contributed by atoms with Gasteiger partial charge in [0, 0.05) is 5.56 Å². The fourth-order valence-electron chi connectivity index (χ4n) is 3.77. The Kier molecular flexibility index (Phi) is 6.79. The lowest BCUT2D eigenvalue weighted by atomic mass is 10.1. The van der Waals surface area contributed by atoms with Crippen LogP contribution in [0.25, 0.3) is 0 Å². The van der Waals surface area contributed by atoms with E-state index in [4.69, 9.17) is 9.47 Å². The highest BCUT2D eigenvalue weighted by molar-refractivity contribution is 7.92. The van der Waals surface area contributed by atoms with Gasteiger partial charge in [-0.3, -0.25) is 9.10 Å². The Bertz CT molecular complexity index is 1290. The second kappa shape index (κ2) is 9.77. The molecular formula is C26H28N2O5S. The number of sulfonamides is 1. The highest BCUT2D eigenvalue weighted by Gasteiger charge is 2.22. The molecule has 1 atom stereocenters. The molecule has 1 aliphatic rings. The summed E-state index contributed by atoms with van der Waals surface area (Å²) in [6.07, 6.45) is 0.922. The van der Waals surface area contributed by atoms with Crippen molar-refractivity contribution < 1.29 is 22.7 Å². The molecule has 3 aromatic carbocycles. The monoisotopic (exact) mass is 480 g/mol. The van der Waals surface area contributed by atoms with E-state index in [-0.39, 0.29) is 18.6 Å². The van der Waals surface area contributed by atoms with Crippen LogP contribution >= 0.6 is 0 Å². The Labute approximate surface area is 200 Å². The Morgan fingerprint density at radius 3 is 2.44 bits per heavy atom. The molecule has 34 heavy (non-hydrogen) atoms. The van der Waals surface area contributed by atoms with Gasteiger partial charge in [0.15, 0.2) is 11.5 Å². The first-order valence-corrected chi connectivity index (χ1v) is 12.9. The van der Waals surface area contributed by atoms with Crippen molar-refractivity contribution in [1.29, 1.82) is 0 Å². The van der Waals surface area contributed by atoms with Gasteiger partial charge in [-0.15, -0.1) is 0 Å². The maximum atomic E-state index is 12.6. The minimum Gasteiger partial charge on any atom is -0.486 e. The zero-order valence-corrected chi connectivity index (χ0v) is 20.3. The third-order valence-corrected chi connectivity index (χ3v) is 6.76. The second-order valence-electron chi connectivity index (χ2n) is 8.46. The maximum absolute atomic E-state index is 12.6. The molecule has 0 saturated carbocycles. The largest absolute Gasteiger partial charge is 0.486 e. The average molecular weight is 481 g/mol. The van der Waals surface area contributed by atoms with Gasteiger partial charge in [-0.2, -0.15) is 0 Å². The third kappa shape index (κ3) is 5.51. The van der Waals surface area contributed by atoms with E-state index in [9.17, 15) is 13.2 Å². The summed E-state index contributed by atoms with van der Waals surface area (Å²) in [5.41, 5.74) is 3.78. The van der Waals surface area contributed by atoms with Gasteiger partial charge in [0.25, 0.3) is 5.91 Å². The van der Waals surface area contributed by atoms with Crippen molar-refractivity contribution in [2.45, 2.75) is 26.5 Å². The molecule has 1 unspecified atom stereocenters. The summed E-state index contributed by atoms with van der Waals surface area (Å²) >= 11 is 0. The lowest BCUT2D eigenvalue weighted by Gasteiger charge is -2.26. The number of nitrogens with one attached hydrogen (secondary N) is 1. The topological polar surface area (TPSA) is 84.9 Å². The SMILES string of the molecule is Cc1ccc(C)c(N(Cc2ccc(C(=O)NCC3COc4ccccc4O3)cc2)S(C)(=O)=O)c1. The smallest absolute Gasteiger partial charge is 0.251 e. The van der Waals surface area contributed by atoms with Crippen molar-refractivity contribution in [3.05, 3.63) is 89.0 Å². The number of fused-ring (bicyclic) bond motifs is 1. The zero-order valence-electron chi connectivity index (χ0n) is 19.4. The van der Waals surface area contributed by atoms with Crippen LogP contribution in [0, 0.1) is 13.8 Å². The summed E-state index contributed by atoms with van der Waals surface area (Å²) in [6, 6.07) is 20.1. The van der Waals surface area contributed by atoms with Crippen LogP contribution in [0.2, 0.25) is 0 Å². The molecule has 0 aromatic heterocycles. The molecule has 0 aliphatic carbocycles. The van der Waals surface area contributed by atoms with Gasteiger partial charge in [-0.25, -0.2) is 8.42 Å². The summed E-state index contributed by atoms with van der Waals surface area (Å²) in [7, 11) is -3.50. The van der Waals surface area contributed by atoms with Gasteiger partial charge < -0.3 is 14.8 Å². The number of anilines is 1. The van der Waals surface area contributed by atoms with Crippen LogP contribution in [0.1, 0.15) is 27.0 Å². The van der Waals surface area contributed by atoms with Crippen molar-refractivity contribution in [3.63, 3.8) is 0 Å². The first kappa shape index (κ1) is 23.6. The lowest BCUT2D eigenvalue weighted by molar-refractivity contribution is 0.0789. The lowest BCUT2D eigenvalue weighted by Crippen LogP contribution is -2.40. The Morgan fingerprint density at radius 2 is 1.74 bits per heavy atom. The van der Waals surface area contributed by atoms with Crippen molar-refractivity contribution in [1.82, 2.24) is 5.32 Å². The maximum Gasteiger partial charge on any atom is 0.251 e. The number of ether oxygens (including phenoxy) is 2. The zero-order chi connectivity index (χ0) is 24.3. The summed E-state index contributed by atoms with van der Waals surface area (Å²) in [5, 5.41) is 2.87. The highest BCUT2D eigenvalue weighted by Crippen LogP contribution is 2.30. The molecule has 178 valence electrons. The molecule has 1 heterocycles. The van der Waals surface area contributed by atoms with Crippen LogP contribution in [0.15, 0.2) is 66.7 Å². The fraction of sp³-hybridized carbons (Fsp3) is 0.269. The molecule has 1 N–H and O–H groups in total. The number of hydrogen-bond donors (Lipinski definition) is 1. The number of carbonyl (C=O) groups excluding carboxylic acids is 1. The molecule has 0 radical (unpaired) electrons. The van der Waals surface area contributed by atoms with E-state index in [0.29, 0.717) is 35.9 Å². The summed E-state index contributed by atoms with van der Waals surface area (Å²) in [6.45, 7) is 4.66. The minimum atomic E-state index is -3.50. The van der Waals surface area contributed by atoms with Crippen LogP contribution < -0.4 is 19.1 Å². The molecular weight excluding hydrogens is 452 g/mol. The normalized spacial score (nSPS) is 15.0. The van der Waals surface area contributed by atoms with E-state index in [1.807, 2.05) is 56.3 Å². The van der Waals surface area contributed by atoms with Gasteiger partial charge in [0.05, 0.1) is 25.0 Å². The van der Waals surface area contributed by atoms with Crippen LogP contribution in [0.4, 0.5) is 5.69 Å². The Morgan fingerprint density at radius 1 is 1.03 bits per heavy atom. The van der Waals surface area contributed by atoms with Gasteiger partial charge in [0.1, 0.15) is 12.7 Å². The molecule has 4 rings (SSSR count). The standard InChI is InChI=1S/C26H28N2O5S/c1-18-8-9-19(2)23(14-18)28(34(3,30)31)16-20-10-12-21(13-11-20)26(29)27-15-22-17-32-24-6-4-5-7-25(24)33-22/h4-14,22H,15-17H2,1-3H3,(H,27,29). The summed E-state index contributed by atoms with van der Waals surface area (Å²) in [5.74, 6) is 1.13. The average Bonchev–Trinajstić information content (AvgIpc) is 2.82. The molecule has 1 amide bonds. The highest BCUT2D eigenvalue weighted by atomic mass is 32.2. The van der Waals surface area contributed by atoms with Crippen molar-refractivity contribution in [3.8, 4) is 11.5 Å². The van der Waals surface area contributed by atoms with E-state index < -0.39 is 10.0 Å². The first-order valence-electron chi connectivity index (χ1n) is 11.0.